The van der Waals surface area contributed by atoms with Gasteiger partial charge in [0.1, 0.15) is 11.6 Å². The third-order valence-electron chi connectivity index (χ3n) is 4.82. The van der Waals surface area contributed by atoms with Crippen LogP contribution in [0.1, 0.15) is 17.5 Å². The first kappa shape index (κ1) is 18.1. The van der Waals surface area contributed by atoms with Crippen molar-refractivity contribution in [2.24, 2.45) is 7.05 Å². The first-order valence-electron chi connectivity index (χ1n) is 8.84. The molecule has 0 spiro atoms. The molecule has 0 bridgehead atoms. The zero-order valence-corrected chi connectivity index (χ0v) is 15.7. The van der Waals surface area contributed by atoms with E-state index in [1.165, 1.54) is 12.1 Å². The van der Waals surface area contributed by atoms with Gasteiger partial charge in [0.2, 0.25) is 0 Å². The lowest BCUT2D eigenvalue weighted by molar-refractivity contribution is -0.0339. The average Bonchev–Trinajstić information content (AvgIpc) is 3.04. The molecule has 0 saturated carbocycles. The number of hydrogen-bond donors (Lipinski definition) is 0. The van der Waals surface area contributed by atoms with Crippen molar-refractivity contribution < 1.29 is 9.13 Å². The van der Waals surface area contributed by atoms with Crippen LogP contribution in [0.5, 0.6) is 0 Å². The largest absolute Gasteiger partial charge is 0.371 e. The predicted molar refractivity (Wildman–Crippen MR) is 102 cm³/mol. The number of nitrogens with zero attached hydrogens (tertiary/aromatic N) is 4. The van der Waals surface area contributed by atoms with Crippen LogP contribution in [0.2, 0.25) is 5.02 Å². The molecule has 1 fully saturated rings. The van der Waals surface area contributed by atoms with Crippen molar-refractivity contribution in [3.63, 3.8) is 0 Å². The van der Waals surface area contributed by atoms with Gasteiger partial charge >= 0.3 is 0 Å². The number of ether oxygens (including phenoxy) is 1. The number of halogens is 2. The summed E-state index contributed by atoms with van der Waals surface area (Å²) in [6.07, 6.45) is -0.0664. The average molecular weight is 387 g/mol. The van der Waals surface area contributed by atoms with Crippen molar-refractivity contribution in [1.29, 1.82) is 0 Å². The molecule has 1 atom stereocenters. The molecular weight excluding hydrogens is 367 g/mol. The Hall–Kier alpha value is -2.28. The van der Waals surface area contributed by atoms with E-state index in [4.69, 9.17) is 16.3 Å². The highest BCUT2D eigenvalue weighted by molar-refractivity contribution is 6.30. The van der Waals surface area contributed by atoms with Gasteiger partial charge in [-0.1, -0.05) is 23.7 Å². The summed E-state index contributed by atoms with van der Waals surface area (Å²) in [5.41, 5.74) is 1.97. The summed E-state index contributed by atoms with van der Waals surface area (Å²) in [6.45, 7) is 2.86. The van der Waals surface area contributed by atoms with Gasteiger partial charge in [0.25, 0.3) is 0 Å². The Bertz CT molecular complexity index is 911. The summed E-state index contributed by atoms with van der Waals surface area (Å²) in [6, 6.07) is 14.1. The van der Waals surface area contributed by atoms with Crippen molar-refractivity contribution >= 4 is 11.6 Å². The maximum Gasteiger partial charge on any atom is 0.163 e. The number of benzene rings is 2. The monoisotopic (exact) mass is 386 g/mol. The number of rotatable bonds is 4. The smallest absolute Gasteiger partial charge is 0.163 e. The van der Waals surface area contributed by atoms with Crippen molar-refractivity contribution in [1.82, 2.24) is 19.7 Å². The van der Waals surface area contributed by atoms with Crippen LogP contribution in [0.15, 0.2) is 48.5 Å². The lowest BCUT2D eigenvalue weighted by atomic mass is 10.1. The Labute approximate surface area is 162 Å². The molecule has 1 aliphatic heterocycles. The molecule has 1 unspecified atom stereocenters. The van der Waals surface area contributed by atoms with E-state index in [1.807, 2.05) is 35.9 Å². The van der Waals surface area contributed by atoms with Crippen LogP contribution in [0.25, 0.3) is 11.4 Å². The molecule has 7 heteroatoms. The fourth-order valence-electron chi connectivity index (χ4n) is 3.27. The van der Waals surface area contributed by atoms with E-state index in [2.05, 4.69) is 15.1 Å². The highest BCUT2D eigenvalue weighted by atomic mass is 35.5. The molecule has 140 valence electrons. The standard InChI is InChI=1S/C20H20ClFN4O/c1-25-19(23-24-20(25)15-2-6-16(21)7-3-15)13-26-10-11-27-18(12-26)14-4-8-17(22)9-5-14/h2-9,18H,10-13H2,1H3. The minimum atomic E-state index is -0.236. The highest BCUT2D eigenvalue weighted by Crippen LogP contribution is 2.24. The zero-order valence-electron chi connectivity index (χ0n) is 15.0. The SMILES string of the molecule is Cn1c(CN2CCOC(c3ccc(F)cc3)C2)nnc1-c1ccc(Cl)cc1. The zero-order chi connectivity index (χ0) is 18.8. The molecule has 1 aliphatic rings. The Morgan fingerprint density at radius 3 is 2.59 bits per heavy atom. The van der Waals surface area contributed by atoms with Crippen LogP contribution >= 0.6 is 11.6 Å². The summed E-state index contributed by atoms with van der Waals surface area (Å²) in [5.74, 6) is 1.46. The lowest BCUT2D eigenvalue weighted by Crippen LogP contribution is -2.38. The fraction of sp³-hybridized carbons (Fsp3) is 0.300. The van der Waals surface area contributed by atoms with E-state index in [0.717, 1.165) is 35.9 Å². The summed E-state index contributed by atoms with van der Waals surface area (Å²) in [4.78, 5) is 2.28. The van der Waals surface area contributed by atoms with E-state index in [1.54, 1.807) is 12.1 Å². The van der Waals surface area contributed by atoms with Gasteiger partial charge in [-0.2, -0.15) is 0 Å². The van der Waals surface area contributed by atoms with Gasteiger partial charge < -0.3 is 9.30 Å². The van der Waals surface area contributed by atoms with Crippen LogP contribution in [-0.4, -0.2) is 39.4 Å². The van der Waals surface area contributed by atoms with Crippen molar-refractivity contribution in [2.75, 3.05) is 19.7 Å². The molecule has 27 heavy (non-hydrogen) atoms. The molecule has 3 aromatic rings. The molecule has 0 aliphatic carbocycles. The quantitative estimate of drug-likeness (QED) is 0.683. The van der Waals surface area contributed by atoms with Crippen LogP contribution in [0, 0.1) is 5.82 Å². The van der Waals surface area contributed by atoms with E-state index in [9.17, 15) is 4.39 Å². The molecule has 0 N–H and O–H groups in total. The third-order valence-corrected chi connectivity index (χ3v) is 5.08. The summed E-state index contributed by atoms with van der Waals surface area (Å²) in [7, 11) is 1.97. The van der Waals surface area contributed by atoms with Crippen LogP contribution in [-0.2, 0) is 18.3 Å². The van der Waals surface area contributed by atoms with E-state index in [-0.39, 0.29) is 11.9 Å². The first-order chi connectivity index (χ1) is 13.1. The lowest BCUT2D eigenvalue weighted by Gasteiger charge is -2.32. The Kier molecular flexibility index (Phi) is 5.20. The van der Waals surface area contributed by atoms with Gasteiger partial charge in [-0.25, -0.2) is 4.39 Å². The second-order valence-corrected chi connectivity index (χ2v) is 7.09. The minimum Gasteiger partial charge on any atom is -0.371 e. The normalized spacial score (nSPS) is 18.0. The molecular formula is C20H20ClFN4O. The summed E-state index contributed by atoms with van der Waals surface area (Å²) in [5, 5.41) is 9.40. The number of hydrogen-bond acceptors (Lipinski definition) is 4. The molecule has 0 radical (unpaired) electrons. The van der Waals surface area contributed by atoms with Crippen LogP contribution < -0.4 is 0 Å². The Morgan fingerprint density at radius 1 is 1.11 bits per heavy atom. The van der Waals surface area contributed by atoms with Gasteiger partial charge in [-0.05, 0) is 42.0 Å². The molecule has 5 nitrogen and oxygen atoms in total. The Balaban J connectivity index is 1.47. The molecule has 1 aromatic heterocycles. The van der Waals surface area contributed by atoms with Crippen LogP contribution in [0.4, 0.5) is 4.39 Å². The highest BCUT2D eigenvalue weighted by Gasteiger charge is 2.23. The van der Waals surface area contributed by atoms with Gasteiger partial charge in [-0.15, -0.1) is 10.2 Å². The maximum absolute atomic E-state index is 13.2. The Morgan fingerprint density at radius 2 is 1.85 bits per heavy atom. The van der Waals surface area contributed by atoms with Crippen molar-refractivity contribution in [3.05, 3.63) is 70.8 Å². The van der Waals surface area contributed by atoms with Gasteiger partial charge in [-0.3, -0.25) is 4.90 Å². The number of morpholine rings is 1. The van der Waals surface area contributed by atoms with Gasteiger partial charge in [0.15, 0.2) is 5.82 Å². The molecule has 1 saturated heterocycles. The van der Waals surface area contributed by atoms with E-state index in [0.29, 0.717) is 18.2 Å². The number of aromatic nitrogens is 3. The van der Waals surface area contributed by atoms with Crippen molar-refractivity contribution in [3.8, 4) is 11.4 Å². The van der Waals surface area contributed by atoms with Gasteiger partial charge in [0, 0.05) is 30.7 Å². The van der Waals surface area contributed by atoms with E-state index >= 15 is 0 Å². The third kappa shape index (κ3) is 4.03. The maximum atomic E-state index is 13.2. The first-order valence-corrected chi connectivity index (χ1v) is 9.21. The molecule has 2 heterocycles. The summed E-state index contributed by atoms with van der Waals surface area (Å²) >= 11 is 5.96. The predicted octanol–water partition coefficient (Wildman–Crippen LogP) is 3.85. The minimum absolute atomic E-state index is 0.0664. The molecule has 0 amide bonds. The van der Waals surface area contributed by atoms with Gasteiger partial charge in [0.05, 0.1) is 19.3 Å². The second kappa shape index (κ2) is 7.76. The molecule has 4 rings (SSSR count). The fourth-order valence-corrected chi connectivity index (χ4v) is 3.40. The summed E-state index contributed by atoms with van der Waals surface area (Å²) < 4.78 is 21.0. The van der Waals surface area contributed by atoms with Crippen molar-refractivity contribution in [2.45, 2.75) is 12.6 Å². The van der Waals surface area contributed by atoms with E-state index < -0.39 is 0 Å². The molecule has 2 aromatic carbocycles. The topological polar surface area (TPSA) is 43.2 Å². The second-order valence-electron chi connectivity index (χ2n) is 6.65. The van der Waals surface area contributed by atoms with Crippen LogP contribution in [0.3, 0.4) is 0 Å².